The molecule has 4 rings (SSSR count). The minimum absolute atomic E-state index is 0.202. The van der Waals surface area contributed by atoms with Gasteiger partial charge in [-0.25, -0.2) is 9.07 Å². The van der Waals surface area contributed by atoms with Gasteiger partial charge in [-0.2, -0.15) is 0 Å². The average Bonchev–Trinajstić information content (AvgIpc) is 3.30. The van der Waals surface area contributed by atoms with E-state index in [1.54, 1.807) is 42.5 Å². The molecule has 0 spiro atoms. The molecule has 8 heteroatoms. The second-order valence-corrected chi connectivity index (χ2v) is 6.19. The van der Waals surface area contributed by atoms with Gasteiger partial charge < -0.3 is 10.1 Å². The van der Waals surface area contributed by atoms with Gasteiger partial charge in [-0.05, 0) is 70.6 Å². The van der Waals surface area contributed by atoms with Crippen LogP contribution in [0.15, 0.2) is 79.1 Å². The Hall–Kier alpha value is -4.07. The summed E-state index contributed by atoms with van der Waals surface area (Å²) in [6.45, 7) is 0.366. The first kappa shape index (κ1) is 18.3. The number of carbonyl (C=O) groups is 1. The molecule has 1 heterocycles. The fourth-order valence-electron chi connectivity index (χ4n) is 2.67. The number of rotatable bonds is 6. The Labute approximate surface area is 165 Å². The SMILES string of the molecule is O=C(NCc1ccc(Oc2ccc(F)cc2)cc1)c1cccc(-n2cnnn2)c1. The molecule has 0 saturated carbocycles. The first-order valence-electron chi connectivity index (χ1n) is 8.81. The van der Waals surface area contributed by atoms with Gasteiger partial charge in [0.2, 0.25) is 0 Å². The maximum Gasteiger partial charge on any atom is 0.251 e. The van der Waals surface area contributed by atoms with Crippen molar-refractivity contribution in [3.05, 3.63) is 96.1 Å². The lowest BCUT2D eigenvalue weighted by atomic mass is 10.1. The van der Waals surface area contributed by atoms with Gasteiger partial charge in [0.05, 0.1) is 5.69 Å². The number of benzene rings is 3. The van der Waals surface area contributed by atoms with Gasteiger partial charge in [0.1, 0.15) is 23.6 Å². The molecule has 0 atom stereocenters. The molecule has 1 N–H and O–H groups in total. The van der Waals surface area contributed by atoms with Crippen molar-refractivity contribution in [2.75, 3.05) is 0 Å². The molecule has 0 aliphatic heterocycles. The zero-order chi connectivity index (χ0) is 20.1. The summed E-state index contributed by atoms with van der Waals surface area (Å²) in [5.74, 6) is 0.661. The number of amides is 1. The monoisotopic (exact) mass is 389 g/mol. The summed E-state index contributed by atoms with van der Waals surface area (Å²) in [6.07, 6.45) is 1.46. The van der Waals surface area contributed by atoms with Crippen LogP contribution in [0.3, 0.4) is 0 Å². The van der Waals surface area contributed by atoms with Crippen LogP contribution in [0, 0.1) is 5.82 Å². The van der Waals surface area contributed by atoms with Gasteiger partial charge in [0.15, 0.2) is 0 Å². The molecule has 0 aliphatic rings. The van der Waals surface area contributed by atoms with E-state index < -0.39 is 0 Å². The molecule has 0 aliphatic carbocycles. The van der Waals surface area contributed by atoms with Crippen molar-refractivity contribution >= 4 is 5.91 Å². The highest BCUT2D eigenvalue weighted by molar-refractivity contribution is 5.94. The Bertz CT molecular complexity index is 1100. The Balaban J connectivity index is 1.36. The van der Waals surface area contributed by atoms with Crippen molar-refractivity contribution in [3.8, 4) is 17.2 Å². The van der Waals surface area contributed by atoms with Crippen LogP contribution in [-0.2, 0) is 6.54 Å². The first-order chi connectivity index (χ1) is 14.2. The van der Waals surface area contributed by atoms with Gasteiger partial charge in [-0.3, -0.25) is 4.79 Å². The molecule has 0 unspecified atom stereocenters. The predicted octanol–water partition coefficient (Wildman–Crippen LogP) is 3.52. The second kappa shape index (κ2) is 8.30. The number of hydrogen-bond donors (Lipinski definition) is 1. The van der Waals surface area contributed by atoms with Gasteiger partial charge in [0, 0.05) is 12.1 Å². The average molecular weight is 389 g/mol. The van der Waals surface area contributed by atoms with Crippen LogP contribution < -0.4 is 10.1 Å². The van der Waals surface area contributed by atoms with Crippen molar-refractivity contribution in [2.45, 2.75) is 6.54 Å². The number of ether oxygens (including phenoxy) is 1. The third-order valence-electron chi connectivity index (χ3n) is 4.15. The van der Waals surface area contributed by atoms with E-state index in [0.29, 0.717) is 29.3 Å². The number of hydrogen-bond acceptors (Lipinski definition) is 5. The molecule has 4 aromatic rings. The lowest BCUT2D eigenvalue weighted by Crippen LogP contribution is -2.22. The van der Waals surface area contributed by atoms with E-state index in [0.717, 1.165) is 5.56 Å². The molecule has 1 aromatic heterocycles. The van der Waals surface area contributed by atoms with Gasteiger partial charge in [0.25, 0.3) is 5.91 Å². The largest absolute Gasteiger partial charge is 0.457 e. The van der Waals surface area contributed by atoms with E-state index in [-0.39, 0.29) is 11.7 Å². The Morgan fingerprint density at radius 1 is 1.00 bits per heavy atom. The van der Waals surface area contributed by atoms with Crippen LogP contribution in [0.4, 0.5) is 4.39 Å². The number of aromatic nitrogens is 4. The van der Waals surface area contributed by atoms with Crippen molar-refractivity contribution in [1.82, 2.24) is 25.5 Å². The molecule has 7 nitrogen and oxygen atoms in total. The van der Waals surface area contributed by atoms with E-state index in [9.17, 15) is 9.18 Å². The fraction of sp³-hybridized carbons (Fsp3) is 0.0476. The third kappa shape index (κ3) is 4.62. The third-order valence-corrected chi connectivity index (χ3v) is 4.15. The summed E-state index contributed by atoms with van der Waals surface area (Å²) in [7, 11) is 0. The van der Waals surface area contributed by atoms with Crippen molar-refractivity contribution in [1.29, 1.82) is 0 Å². The summed E-state index contributed by atoms with van der Waals surface area (Å²) in [6, 6.07) is 20.1. The Morgan fingerprint density at radius 2 is 1.72 bits per heavy atom. The van der Waals surface area contributed by atoms with Crippen LogP contribution in [0.25, 0.3) is 5.69 Å². The molecule has 0 fully saturated rings. The van der Waals surface area contributed by atoms with Crippen LogP contribution in [0.5, 0.6) is 11.5 Å². The minimum atomic E-state index is -0.313. The number of tetrazole rings is 1. The van der Waals surface area contributed by atoms with Gasteiger partial charge in [-0.15, -0.1) is 5.10 Å². The van der Waals surface area contributed by atoms with Crippen molar-refractivity contribution in [2.24, 2.45) is 0 Å². The van der Waals surface area contributed by atoms with Crippen LogP contribution in [0.1, 0.15) is 15.9 Å². The molecule has 1 amide bonds. The van der Waals surface area contributed by atoms with E-state index in [1.165, 1.54) is 23.1 Å². The lowest BCUT2D eigenvalue weighted by Gasteiger charge is -2.09. The normalized spacial score (nSPS) is 10.5. The van der Waals surface area contributed by atoms with Gasteiger partial charge >= 0.3 is 0 Å². The Morgan fingerprint density at radius 3 is 2.41 bits per heavy atom. The number of halogens is 1. The van der Waals surface area contributed by atoms with Crippen molar-refractivity contribution < 1.29 is 13.9 Å². The standard InChI is InChI=1S/C21H16FN5O2/c22-17-6-10-20(11-7-17)29-19-8-4-15(5-9-19)13-23-21(28)16-2-1-3-18(12-16)27-14-24-25-26-27/h1-12,14H,13H2,(H,23,28). The van der Waals surface area contributed by atoms with E-state index >= 15 is 0 Å². The molecule has 0 saturated heterocycles. The fourth-order valence-corrected chi connectivity index (χ4v) is 2.67. The van der Waals surface area contributed by atoms with Crippen LogP contribution in [0.2, 0.25) is 0 Å². The highest BCUT2D eigenvalue weighted by Gasteiger charge is 2.08. The summed E-state index contributed by atoms with van der Waals surface area (Å²) < 4.78 is 20.1. The van der Waals surface area contributed by atoms with E-state index in [1.807, 2.05) is 18.2 Å². The summed E-state index contributed by atoms with van der Waals surface area (Å²) in [4.78, 5) is 12.4. The minimum Gasteiger partial charge on any atom is -0.457 e. The highest BCUT2D eigenvalue weighted by Crippen LogP contribution is 2.21. The smallest absolute Gasteiger partial charge is 0.251 e. The van der Waals surface area contributed by atoms with Crippen LogP contribution in [-0.4, -0.2) is 26.1 Å². The molecule has 144 valence electrons. The topological polar surface area (TPSA) is 81.9 Å². The quantitative estimate of drug-likeness (QED) is 0.546. The summed E-state index contributed by atoms with van der Waals surface area (Å²) in [5, 5.41) is 13.9. The van der Waals surface area contributed by atoms with E-state index in [4.69, 9.17) is 4.74 Å². The second-order valence-electron chi connectivity index (χ2n) is 6.19. The number of nitrogens with one attached hydrogen (secondary N) is 1. The highest BCUT2D eigenvalue weighted by atomic mass is 19.1. The maximum absolute atomic E-state index is 12.9. The first-order valence-corrected chi connectivity index (χ1v) is 8.81. The molecule has 3 aromatic carbocycles. The molecular formula is C21H16FN5O2. The maximum atomic E-state index is 12.9. The molecule has 0 bridgehead atoms. The van der Waals surface area contributed by atoms with E-state index in [2.05, 4.69) is 20.8 Å². The van der Waals surface area contributed by atoms with Crippen molar-refractivity contribution in [3.63, 3.8) is 0 Å². The molecule has 0 radical (unpaired) electrons. The number of nitrogens with zero attached hydrogens (tertiary/aromatic N) is 4. The summed E-state index contributed by atoms with van der Waals surface area (Å²) >= 11 is 0. The Kier molecular flexibility index (Phi) is 5.24. The predicted molar refractivity (Wildman–Crippen MR) is 103 cm³/mol. The zero-order valence-electron chi connectivity index (χ0n) is 15.2. The summed E-state index contributed by atoms with van der Waals surface area (Å²) in [5.41, 5.74) is 2.13. The molecule has 29 heavy (non-hydrogen) atoms. The molecular weight excluding hydrogens is 373 g/mol. The van der Waals surface area contributed by atoms with Crippen LogP contribution >= 0.6 is 0 Å². The van der Waals surface area contributed by atoms with Gasteiger partial charge in [-0.1, -0.05) is 18.2 Å². The zero-order valence-corrected chi connectivity index (χ0v) is 15.2. The lowest BCUT2D eigenvalue weighted by molar-refractivity contribution is 0.0951. The number of carbonyl (C=O) groups excluding carboxylic acids is 1.